The van der Waals surface area contributed by atoms with E-state index in [2.05, 4.69) is 46.8 Å². The molecule has 0 atom stereocenters. The molecule has 9 nitrogen and oxygen atoms in total. The summed E-state index contributed by atoms with van der Waals surface area (Å²) in [6.45, 7) is 3.68. The van der Waals surface area contributed by atoms with Crippen molar-refractivity contribution in [3.8, 4) is 11.6 Å². The molecule has 2 saturated heterocycles. The number of carbonyl (C=O) groups excluding carboxylic acids is 1. The first kappa shape index (κ1) is 22.2. The quantitative estimate of drug-likeness (QED) is 0.489. The Morgan fingerprint density at radius 3 is 2.82 bits per heavy atom. The van der Waals surface area contributed by atoms with Crippen LogP contribution in [0.4, 0.5) is 0 Å². The first-order chi connectivity index (χ1) is 16.5. The fourth-order valence-electron chi connectivity index (χ4n) is 4.80. The van der Waals surface area contributed by atoms with Gasteiger partial charge in [0.2, 0.25) is 11.8 Å². The molecule has 11 heteroatoms. The molecule has 2 aromatic heterocycles. The van der Waals surface area contributed by atoms with Crippen molar-refractivity contribution in [1.29, 1.82) is 0 Å². The molecular weight excluding hydrogens is 522 g/mol. The van der Waals surface area contributed by atoms with Crippen LogP contribution in [0.3, 0.4) is 0 Å². The number of nitrogens with one attached hydrogen (secondary N) is 2. The number of hydrogen-bond acceptors (Lipinski definition) is 7. The van der Waals surface area contributed by atoms with Crippen LogP contribution in [0.1, 0.15) is 31.2 Å². The molecule has 1 amide bonds. The standard InChI is InChI=1S/C23H25BrClN7O2/c24-19-18(4-3-17-20(19)29-30-32(17)11-14-1-2-14)34-21-15(9-16(25)10-26-21)12-31-7-5-23(6-8-31)22(33)27-13-28-23/h3-4,9-10,14,28H,1-2,5-8,11-13H2,(H,27,33). The van der Waals surface area contributed by atoms with Gasteiger partial charge in [-0.05, 0) is 65.7 Å². The SMILES string of the molecule is O=C1NCNC12CCN(Cc1cc(Cl)cnc1Oc1ccc3c(nnn3CC3CC3)c1Br)CC2. The fourth-order valence-corrected chi connectivity index (χ4v) is 5.48. The number of hydrogen-bond donors (Lipinski definition) is 2. The molecule has 3 aromatic rings. The molecule has 0 bridgehead atoms. The number of fused-ring (bicyclic) bond motifs is 1. The molecule has 1 aliphatic carbocycles. The number of likely N-dealkylation sites (tertiary alicyclic amines) is 1. The minimum absolute atomic E-state index is 0.106. The summed E-state index contributed by atoms with van der Waals surface area (Å²) in [5.41, 5.74) is 2.23. The van der Waals surface area contributed by atoms with Crippen molar-refractivity contribution in [3.05, 3.63) is 39.5 Å². The minimum atomic E-state index is -0.431. The lowest BCUT2D eigenvalue weighted by molar-refractivity contribution is -0.125. The summed E-state index contributed by atoms with van der Waals surface area (Å²) >= 11 is 9.95. The van der Waals surface area contributed by atoms with Gasteiger partial charge in [-0.15, -0.1) is 5.10 Å². The van der Waals surface area contributed by atoms with Gasteiger partial charge >= 0.3 is 0 Å². The highest BCUT2D eigenvalue weighted by molar-refractivity contribution is 9.10. The van der Waals surface area contributed by atoms with Gasteiger partial charge in [-0.25, -0.2) is 9.67 Å². The average Bonchev–Trinajstić information content (AvgIpc) is 3.45. The lowest BCUT2D eigenvalue weighted by atomic mass is 9.87. The maximum atomic E-state index is 12.2. The molecule has 2 aliphatic heterocycles. The van der Waals surface area contributed by atoms with Crippen LogP contribution in [0.2, 0.25) is 5.02 Å². The monoisotopic (exact) mass is 545 g/mol. The van der Waals surface area contributed by atoms with Crippen molar-refractivity contribution in [3.63, 3.8) is 0 Å². The highest BCUT2D eigenvalue weighted by Gasteiger charge is 2.44. The Hall–Kier alpha value is -2.27. The third-order valence-electron chi connectivity index (χ3n) is 7.03. The van der Waals surface area contributed by atoms with Gasteiger partial charge in [-0.2, -0.15) is 0 Å². The average molecular weight is 547 g/mol. The number of pyridine rings is 1. The molecule has 0 unspecified atom stereocenters. The maximum Gasteiger partial charge on any atom is 0.241 e. The summed E-state index contributed by atoms with van der Waals surface area (Å²) in [5.74, 6) is 1.96. The van der Waals surface area contributed by atoms with Gasteiger partial charge in [0, 0.05) is 37.9 Å². The summed E-state index contributed by atoms with van der Waals surface area (Å²) in [7, 11) is 0. The third-order valence-corrected chi connectivity index (χ3v) is 8.00. The van der Waals surface area contributed by atoms with E-state index in [1.54, 1.807) is 6.20 Å². The number of nitrogens with zero attached hydrogens (tertiary/aromatic N) is 5. The molecular formula is C23H25BrClN7O2. The number of carbonyl (C=O) groups is 1. The molecule has 1 aromatic carbocycles. The maximum absolute atomic E-state index is 12.2. The highest BCUT2D eigenvalue weighted by atomic mass is 79.9. The topological polar surface area (TPSA) is 97.2 Å². The van der Waals surface area contributed by atoms with Crippen molar-refractivity contribution in [2.75, 3.05) is 19.8 Å². The number of aromatic nitrogens is 4. The zero-order valence-electron chi connectivity index (χ0n) is 18.6. The Balaban J connectivity index is 1.21. The molecule has 178 valence electrons. The second-order valence-corrected chi connectivity index (χ2v) is 10.6. The van der Waals surface area contributed by atoms with Gasteiger partial charge in [0.05, 0.1) is 21.7 Å². The fraction of sp³-hybridized carbons (Fsp3) is 0.478. The number of piperidine rings is 1. The van der Waals surface area contributed by atoms with E-state index < -0.39 is 5.54 Å². The van der Waals surface area contributed by atoms with Crippen molar-refractivity contribution >= 4 is 44.5 Å². The van der Waals surface area contributed by atoms with Crippen molar-refractivity contribution in [1.82, 2.24) is 35.5 Å². The van der Waals surface area contributed by atoms with Crippen molar-refractivity contribution in [2.45, 2.75) is 44.3 Å². The summed E-state index contributed by atoms with van der Waals surface area (Å²) in [6.07, 6.45) is 5.65. The molecule has 4 heterocycles. The Morgan fingerprint density at radius 2 is 2.09 bits per heavy atom. The van der Waals surface area contributed by atoms with Crippen LogP contribution in [0, 0.1) is 5.92 Å². The van der Waals surface area contributed by atoms with Crippen LogP contribution in [0.25, 0.3) is 11.0 Å². The Morgan fingerprint density at radius 1 is 1.26 bits per heavy atom. The Labute approximate surface area is 210 Å². The van der Waals surface area contributed by atoms with E-state index in [0.29, 0.717) is 35.8 Å². The minimum Gasteiger partial charge on any atom is -0.437 e. The van der Waals surface area contributed by atoms with E-state index in [4.69, 9.17) is 16.3 Å². The van der Waals surface area contributed by atoms with E-state index in [1.807, 2.05) is 22.9 Å². The van der Waals surface area contributed by atoms with Crippen LogP contribution >= 0.6 is 27.5 Å². The second kappa shape index (κ2) is 8.75. The molecule has 1 saturated carbocycles. The van der Waals surface area contributed by atoms with E-state index in [1.165, 1.54) is 12.8 Å². The number of halogens is 2. The molecule has 1 spiro atoms. The van der Waals surface area contributed by atoms with E-state index in [0.717, 1.165) is 53.5 Å². The second-order valence-electron chi connectivity index (χ2n) is 9.40. The van der Waals surface area contributed by atoms with Gasteiger partial charge in [0.25, 0.3) is 0 Å². The molecule has 0 radical (unpaired) electrons. The van der Waals surface area contributed by atoms with E-state index >= 15 is 0 Å². The predicted octanol–water partition coefficient (Wildman–Crippen LogP) is 3.46. The molecule has 3 fully saturated rings. The summed E-state index contributed by atoms with van der Waals surface area (Å²) in [4.78, 5) is 19.0. The van der Waals surface area contributed by atoms with Gasteiger partial charge in [0.15, 0.2) is 0 Å². The number of rotatable bonds is 6. The Kier molecular flexibility index (Phi) is 5.71. The van der Waals surface area contributed by atoms with Gasteiger partial charge in [-0.1, -0.05) is 16.8 Å². The van der Waals surface area contributed by atoms with Crippen LogP contribution in [0.15, 0.2) is 28.9 Å². The van der Waals surface area contributed by atoms with Crippen molar-refractivity contribution in [2.24, 2.45) is 5.92 Å². The molecule has 6 rings (SSSR count). The molecule has 3 aliphatic rings. The van der Waals surface area contributed by atoms with Crippen LogP contribution < -0.4 is 15.4 Å². The van der Waals surface area contributed by atoms with E-state index in [9.17, 15) is 4.79 Å². The smallest absolute Gasteiger partial charge is 0.241 e. The highest BCUT2D eigenvalue weighted by Crippen LogP contribution is 2.37. The number of benzene rings is 1. The van der Waals surface area contributed by atoms with Crippen LogP contribution in [0.5, 0.6) is 11.6 Å². The summed E-state index contributed by atoms with van der Waals surface area (Å²) in [6, 6.07) is 5.82. The normalized spacial score (nSPS) is 20.2. The first-order valence-electron chi connectivity index (χ1n) is 11.6. The third kappa shape index (κ3) is 4.17. The number of ether oxygens (including phenoxy) is 1. The zero-order chi connectivity index (χ0) is 23.3. The van der Waals surface area contributed by atoms with E-state index in [-0.39, 0.29) is 5.91 Å². The molecule has 34 heavy (non-hydrogen) atoms. The van der Waals surface area contributed by atoms with Crippen LogP contribution in [-0.2, 0) is 17.9 Å². The Bertz CT molecular complexity index is 1250. The zero-order valence-corrected chi connectivity index (χ0v) is 20.9. The lowest BCUT2D eigenvalue weighted by Gasteiger charge is -2.37. The summed E-state index contributed by atoms with van der Waals surface area (Å²) < 4.78 is 8.99. The van der Waals surface area contributed by atoms with Crippen molar-refractivity contribution < 1.29 is 9.53 Å². The first-order valence-corrected chi connectivity index (χ1v) is 12.8. The van der Waals surface area contributed by atoms with Crippen LogP contribution in [-0.4, -0.2) is 56.1 Å². The summed E-state index contributed by atoms with van der Waals surface area (Å²) in [5, 5.41) is 15.5. The largest absolute Gasteiger partial charge is 0.437 e. The van der Waals surface area contributed by atoms with Gasteiger partial charge in [-0.3, -0.25) is 15.0 Å². The van der Waals surface area contributed by atoms with Gasteiger partial charge < -0.3 is 10.1 Å². The molecule has 2 N–H and O–H groups in total. The predicted molar refractivity (Wildman–Crippen MR) is 131 cm³/mol. The number of amides is 1. The van der Waals surface area contributed by atoms with Gasteiger partial charge in [0.1, 0.15) is 16.8 Å². The lowest BCUT2D eigenvalue weighted by Crippen LogP contribution is -2.54.